The van der Waals surface area contributed by atoms with Crippen molar-refractivity contribution < 1.29 is 29.3 Å². The summed E-state index contributed by atoms with van der Waals surface area (Å²) >= 11 is 0. The number of aromatic hydroxyl groups is 1. The first-order valence-electron chi connectivity index (χ1n) is 11.1. The van der Waals surface area contributed by atoms with Gasteiger partial charge in [-0.1, -0.05) is 12.1 Å². The minimum Gasteiger partial charge on any atom is -0.507 e. The lowest BCUT2D eigenvalue weighted by atomic mass is 9.95. The first-order valence-corrected chi connectivity index (χ1v) is 11.1. The number of nitrogens with zero attached hydrogens (tertiary/aromatic N) is 2. The number of aliphatic hydroxyl groups is 1. The number of aliphatic hydroxyl groups excluding tert-OH is 1. The number of methoxy groups -OCH3 is 1. The number of aromatic nitrogens is 1. The van der Waals surface area contributed by atoms with Gasteiger partial charge in [-0.2, -0.15) is 0 Å². The molecule has 0 spiro atoms. The van der Waals surface area contributed by atoms with Gasteiger partial charge in [-0.15, -0.1) is 0 Å². The van der Waals surface area contributed by atoms with E-state index in [1.165, 1.54) is 18.1 Å². The van der Waals surface area contributed by atoms with Crippen molar-refractivity contribution >= 4 is 17.4 Å². The predicted octanol–water partition coefficient (Wildman–Crippen LogP) is 4.20. The van der Waals surface area contributed by atoms with Gasteiger partial charge in [0.1, 0.15) is 11.5 Å². The van der Waals surface area contributed by atoms with E-state index in [9.17, 15) is 19.8 Å². The van der Waals surface area contributed by atoms with Gasteiger partial charge in [0, 0.05) is 24.5 Å². The van der Waals surface area contributed by atoms with Crippen molar-refractivity contribution in [2.24, 2.45) is 0 Å². The van der Waals surface area contributed by atoms with Crippen LogP contribution in [-0.4, -0.2) is 45.0 Å². The Morgan fingerprint density at radius 2 is 1.86 bits per heavy atom. The Labute approximate surface area is 203 Å². The van der Waals surface area contributed by atoms with Crippen LogP contribution in [0.2, 0.25) is 0 Å². The Bertz CT molecular complexity index is 1270. The monoisotopic (exact) mass is 474 g/mol. The minimum atomic E-state index is -0.906. The first-order chi connectivity index (χ1) is 16.8. The lowest BCUT2D eigenvalue weighted by molar-refractivity contribution is -0.140. The molecule has 2 N–H and O–H groups in total. The summed E-state index contributed by atoms with van der Waals surface area (Å²) in [6.07, 6.45) is 3.21. The largest absolute Gasteiger partial charge is 0.507 e. The van der Waals surface area contributed by atoms with E-state index in [0.29, 0.717) is 16.9 Å². The smallest absolute Gasteiger partial charge is 0.295 e. The van der Waals surface area contributed by atoms with Gasteiger partial charge in [-0.05, 0) is 67.4 Å². The number of ether oxygens (including phenoxy) is 2. The maximum atomic E-state index is 13.2. The number of amides is 1. The summed E-state index contributed by atoms with van der Waals surface area (Å²) in [6, 6.07) is 13.9. The second kappa shape index (κ2) is 9.89. The summed E-state index contributed by atoms with van der Waals surface area (Å²) < 4.78 is 10.9. The third kappa shape index (κ3) is 4.82. The Balaban J connectivity index is 1.83. The molecule has 1 fully saturated rings. The Hall–Kier alpha value is -4.33. The standard InChI is InChI=1S/C27H26N2O6/c1-16(2)35-20-9-6-18(7-10-20)25(31)23-24(19-8-11-21(30)22(13-19)34-3)29(27(33)26(23)32)15-17-5-4-12-28-14-17/h4-14,16,24,30-31H,15H2,1-3H3/t24-/m0/s1. The van der Waals surface area contributed by atoms with Gasteiger partial charge in [0.2, 0.25) is 0 Å². The highest BCUT2D eigenvalue weighted by Gasteiger charge is 2.46. The normalized spacial score (nSPS) is 17.1. The van der Waals surface area contributed by atoms with Crippen LogP contribution < -0.4 is 9.47 Å². The number of hydrogen-bond donors (Lipinski definition) is 2. The number of rotatable bonds is 7. The van der Waals surface area contributed by atoms with Crippen LogP contribution in [0.4, 0.5) is 0 Å². The van der Waals surface area contributed by atoms with E-state index in [1.807, 2.05) is 13.8 Å². The number of carbonyl (C=O) groups excluding carboxylic acids is 2. The molecule has 2 heterocycles. The Morgan fingerprint density at radius 1 is 1.11 bits per heavy atom. The number of phenols is 1. The van der Waals surface area contributed by atoms with E-state index in [4.69, 9.17) is 9.47 Å². The van der Waals surface area contributed by atoms with Crippen molar-refractivity contribution in [3.05, 3.63) is 89.3 Å². The van der Waals surface area contributed by atoms with E-state index in [1.54, 1.807) is 60.9 Å². The van der Waals surface area contributed by atoms with Gasteiger partial charge in [-0.3, -0.25) is 14.6 Å². The van der Waals surface area contributed by atoms with Gasteiger partial charge in [0.25, 0.3) is 11.7 Å². The molecule has 2 aromatic carbocycles. The zero-order chi connectivity index (χ0) is 25.1. The van der Waals surface area contributed by atoms with Gasteiger partial charge < -0.3 is 24.6 Å². The summed E-state index contributed by atoms with van der Waals surface area (Å²) in [5.74, 6) is -1.12. The lowest BCUT2D eigenvalue weighted by Gasteiger charge is -2.25. The Kier molecular flexibility index (Phi) is 6.73. The summed E-state index contributed by atoms with van der Waals surface area (Å²) in [6.45, 7) is 3.91. The topological polar surface area (TPSA) is 109 Å². The second-order valence-electron chi connectivity index (χ2n) is 8.41. The molecule has 0 aliphatic carbocycles. The van der Waals surface area contributed by atoms with Crippen molar-refractivity contribution in [3.63, 3.8) is 0 Å². The third-order valence-corrected chi connectivity index (χ3v) is 5.63. The second-order valence-corrected chi connectivity index (χ2v) is 8.41. The van der Waals surface area contributed by atoms with Crippen molar-refractivity contribution in [1.82, 2.24) is 9.88 Å². The SMILES string of the molecule is COc1cc([C@H]2C(=C(O)c3ccc(OC(C)C)cc3)C(=O)C(=O)N2Cc2cccnc2)ccc1O. The number of benzene rings is 2. The van der Waals surface area contributed by atoms with Gasteiger partial charge in [0.05, 0.1) is 24.8 Å². The fourth-order valence-electron chi connectivity index (χ4n) is 4.06. The van der Waals surface area contributed by atoms with E-state index in [-0.39, 0.29) is 35.5 Å². The summed E-state index contributed by atoms with van der Waals surface area (Å²) in [4.78, 5) is 31.8. The number of ketones is 1. The van der Waals surface area contributed by atoms with Crippen LogP contribution in [0.1, 0.15) is 36.6 Å². The molecule has 1 atom stereocenters. The molecule has 8 nitrogen and oxygen atoms in total. The van der Waals surface area contributed by atoms with Gasteiger partial charge in [-0.25, -0.2) is 0 Å². The number of pyridine rings is 1. The van der Waals surface area contributed by atoms with Gasteiger partial charge in [0.15, 0.2) is 11.5 Å². The summed E-state index contributed by atoms with van der Waals surface area (Å²) in [5, 5.41) is 21.3. The average molecular weight is 475 g/mol. The van der Waals surface area contributed by atoms with Crippen LogP contribution in [0.15, 0.2) is 72.6 Å². The van der Waals surface area contributed by atoms with E-state index in [0.717, 1.165) is 5.56 Å². The maximum Gasteiger partial charge on any atom is 0.295 e. The number of likely N-dealkylation sites (tertiary alicyclic amines) is 1. The fraction of sp³-hybridized carbons (Fsp3) is 0.222. The van der Waals surface area contributed by atoms with E-state index < -0.39 is 17.7 Å². The van der Waals surface area contributed by atoms with E-state index >= 15 is 0 Å². The van der Waals surface area contributed by atoms with Crippen molar-refractivity contribution in [3.8, 4) is 17.2 Å². The minimum absolute atomic E-state index is 0.0169. The summed E-state index contributed by atoms with van der Waals surface area (Å²) in [5.41, 5.74) is 1.55. The first kappa shape index (κ1) is 23.8. The molecule has 0 bridgehead atoms. The highest BCUT2D eigenvalue weighted by atomic mass is 16.5. The zero-order valence-corrected chi connectivity index (χ0v) is 19.6. The molecule has 0 saturated carbocycles. The van der Waals surface area contributed by atoms with Crippen LogP contribution >= 0.6 is 0 Å². The number of phenolic OH excluding ortho intramolecular Hbond substituents is 1. The molecule has 1 saturated heterocycles. The molecule has 1 amide bonds. The third-order valence-electron chi connectivity index (χ3n) is 5.63. The molecule has 1 aromatic heterocycles. The number of carbonyl (C=O) groups is 2. The molecule has 3 aromatic rings. The predicted molar refractivity (Wildman–Crippen MR) is 129 cm³/mol. The van der Waals surface area contributed by atoms with Crippen LogP contribution in [-0.2, 0) is 16.1 Å². The molecule has 35 heavy (non-hydrogen) atoms. The molecule has 8 heteroatoms. The Morgan fingerprint density at radius 3 is 2.49 bits per heavy atom. The number of Topliss-reactive ketones (excluding diaryl/α,β-unsaturated/α-hetero) is 1. The fourth-order valence-corrected chi connectivity index (χ4v) is 4.06. The van der Waals surface area contributed by atoms with E-state index in [2.05, 4.69) is 4.98 Å². The zero-order valence-electron chi connectivity index (χ0n) is 19.6. The molecule has 4 rings (SSSR count). The number of hydrogen-bond acceptors (Lipinski definition) is 7. The summed E-state index contributed by atoms with van der Waals surface area (Å²) in [7, 11) is 1.41. The van der Waals surface area contributed by atoms with Crippen LogP contribution in [0.5, 0.6) is 17.2 Å². The van der Waals surface area contributed by atoms with Crippen LogP contribution in [0, 0.1) is 0 Å². The van der Waals surface area contributed by atoms with Crippen molar-refractivity contribution in [1.29, 1.82) is 0 Å². The molecule has 0 unspecified atom stereocenters. The average Bonchev–Trinajstić information content (AvgIpc) is 3.09. The highest BCUT2D eigenvalue weighted by molar-refractivity contribution is 6.46. The molecule has 1 aliphatic heterocycles. The van der Waals surface area contributed by atoms with Crippen molar-refractivity contribution in [2.45, 2.75) is 32.5 Å². The lowest BCUT2D eigenvalue weighted by Crippen LogP contribution is -2.29. The molecule has 0 radical (unpaired) electrons. The van der Waals surface area contributed by atoms with Crippen molar-refractivity contribution in [2.75, 3.05) is 7.11 Å². The van der Waals surface area contributed by atoms with Crippen LogP contribution in [0.3, 0.4) is 0 Å². The van der Waals surface area contributed by atoms with Crippen LogP contribution in [0.25, 0.3) is 5.76 Å². The molecule has 1 aliphatic rings. The molecular formula is C27H26N2O6. The van der Waals surface area contributed by atoms with Gasteiger partial charge >= 0.3 is 0 Å². The molecule has 180 valence electrons. The molecular weight excluding hydrogens is 448 g/mol. The quantitative estimate of drug-likeness (QED) is 0.300. The highest BCUT2D eigenvalue weighted by Crippen LogP contribution is 2.42. The maximum absolute atomic E-state index is 13.2.